The number of fused-ring (bicyclic) bond motifs is 1. The van der Waals surface area contributed by atoms with Crippen molar-refractivity contribution in [3.63, 3.8) is 0 Å². The fraction of sp³-hybridized carbons (Fsp3) is 0.280. The molecule has 1 aliphatic carbocycles. The normalized spacial score (nSPS) is 13.2. The lowest BCUT2D eigenvalue weighted by Crippen LogP contribution is -2.19. The van der Waals surface area contributed by atoms with E-state index >= 15 is 0 Å². The van der Waals surface area contributed by atoms with Crippen LogP contribution < -0.4 is 30.6 Å². The van der Waals surface area contributed by atoms with E-state index in [1.54, 1.807) is 25.4 Å². The average Bonchev–Trinajstić information content (AvgIpc) is 3.66. The second-order valence-corrected chi connectivity index (χ2v) is 8.27. The van der Waals surface area contributed by atoms with Gasteiger partial charge in [0.2, 0.25) is 5.90 Å². The SMILES string of the molecule is COc1cc2c(Nc3ccc(OC(=N)/C=C\S)cc3)c(N)cnc2cc1OCCCNC1CC1. The van der Waals surface area contributed by atoms with E-state index in [0.717, 1.165) is 35.2 Å². The van der Waals surface area contributed by atoms with E-state index in [0.29, 0.717) is 35.6 Å². The topological polar surface area (TPSA) is 115 Å². The number of methoxy groups -OCH3 is 1. The van der Waals surface area contributed by atoms with Crippen LogP contribution in [0.1, 0.15) is 19.3 Å². The first kappa shape index (κ1) is 23.7. The zero-order valence-corrected chi connectivity index (χ0v) is 19.9. The van der Waals surface area contributed by atoms with Gasteiger partial charge in [-0.05, 0) is 61.5 Å². The zero-order valence-electron chi connectivity index (χ0n) is 19.0. The predicted octanol–water partition coefficient (Wildman–Crippen LogP) is 4.89. The molecule has 0 spiro atoms. The van der Waals surface area contributed by atoms with E-state index in [4.69, 9.17) is 25.4 Å². The molecular weight excluding hydrogens is 450 g/mol. The fourth-order valence-electron chi connectivity index (χ4n) is 3.45. The first-order chi connectivity index (χ1) is 16.6. The molecule has 5 N–H and O–H groups in total. The lowest BCUT2D eigenvalue weighted by atomic mass is 10.1. The van der Waals surface area contributed by atoms with Gasteiger partial charge >= 0.3 is 0 Å². The van der Waals surface area contributed by atoms with E-state index < -0.39 is 0 Å². The maximum Gasteiger partial charge on any atom is 0.212 e. The highest BCUT2D eigenvalue weighted by molar-refractivity contribution is 7.83. The first-order valence-corrected chi connectivity index (χ1v) is 11.7. The van der Waals surface area contributed by atoms with Crippen molar-refractivity contribution in [2.45, 2.75) is 25.3 Å². The van der Waals surface area contributed by atoms with Gasteiger partial charge in [-0.3, -0.25) is 10.4 Å². The number of nitrogen functional groups attached to an aromatic ring is 1. The Labute approximate surface area is 204 Å². The Morgan fingerprint density at radius 1 is 1.24 bits per heavy atom. The summed E-state index contributed by atoms with van der Waals surface area (Å²) in [5.74, 6) is 1.83. The van der Waals surface area contributed by atoms with Gasteiger partial charge in [0, 0.05) is 29.3 Å². The highest BCUT2D eigenvalue weighted by Gasteiger charge is 2.19. The molecule has 0 aliphatic heterocycles. The smallest absolute Gasteiger partial charge is 0.212 e. The number of pyridine rings is 1. The Morgan fingerprint density at radius 2 is 2.03 bits per heavy atom. The third kappa shape index (κ3) is 6.12. The molecule has 0 radical (unpaired) electrons. The molecule has 3 aromatic rings. The van der Waals surface area contributed by atoms with Gasteiger partial charge in [-0.1, -0.05) is 0 Å². The molecule has 1 saturated carbocycles. The maximum atomic E-state index is 7.69. The molecule has 1 aromatic heterocycles. The Morgan fingerprint density at radius 3 is 2.74 bits per heavy atom. The number of nitrogens with one attached hydrogen (secondary N) is 3. The first-order valence-electron chi connectivity index (χ1n) is 11.1. The van der Waals surface area contributed by atoms with Crippen LogP contribution in [0.4, 0.5) is 17.1 Å². The minimum atomic E-state index is 0.00405. The van der Waals surface area contributed by atoms with Crippen molar-refractivity contribution in [2.24, 2.45) is 0 Å². The Balaban J connectivity index is 1.50. The molecule has 0 unspecified atom stereocenters. The van der Waals surface area contributed by atoms with Crippen molar-refractivity contribution in [1.29, 1.82) is 5.41 Å². The van der Waals surface area contributed by atoms with Crippen LogP contribution in [0.25, 0.3) is 10.9 Å². The minimum absolute atomic E-state index is 0.00405. The van der Waals surface area contributed by atoms with Gasteiger partial charge in [-0.2, -0.15) is 12.6 Å². The molecule has 8 nitrogen and oxygen atoms in total. The summed E-state index contributed by atoms with van der Waals surface area (Å²) in [6.45, 7) is 1.54. The molecular formula is C25H29N5O3S. The van der Waals surface area contributed by atoms with Crippen molar-refractivity contribution in [2.75, 3.05) is 31.3 Å². The predicted molar refractivity (Wildman–Crippen MR) is 140 cm³/mol. The number of ether oxygens (including phenoxy) is 3. The van der Waals surface area contributed by atoms with E-state index in [1.807, 2.05) is 24.3 Å². The van der Waals surface area contributed by atoms with Crippen molar-refractivity contribution >= 4 is 46.5 Å². The van der Waals surface area contributed by atoms with Crippen molar-refractivity contribution in [1.82, 2.24) is 10.3 Å². The molecule has 9 heteroatoms. The summed E-state index contributed by atoms with van der Waals surface area (Å²) in [5.41, 5.74) is 9.06. The summed E-state index contributed by atoms with van der Waals surface area (Å²) in [7, 11) is 1.62. The largest absolute Gasteiger partial charge is 0.493 e. The van der Waals surface area contributed by atoms with Gasteiger partial charge in [-0.15, -0.1) is 0 Å². The third-order valence-corrected chi connectivity index (χ3v) is 5.50. The van der Waals surface area contributed by atoms with E-state index in [9.17, 15) is 0 Å². The van der Waals surface area contributed by atoms with Gasteiger partial charge in [-0.25, -0.2) is 0 Å². The molecule has 0 saturated heterocycles. The fourth-order valence-corrected chi connectivity index (χ4v) is 3.59. The molecule has 1 heterocycles. The quantitative estimate of drug-likeness (QED) is 0.115. The molecule has 2 aromatic carbocycles. The van der Waals surface area contributed by atoms with Crippen molar-refractivity contribution < 1.29 is 14.2 Å². The summed E-state index contributed by atoms with van der Waals surface area (Å²) in [4.78, 5) is 4.49. The Bertz CT molecular complexity index is 1180. The lowest BCUT2D eigenvalue weighted by Gasteiger charge is -2.16. The van der Waals surface area contributed by atoms with Crippen LogP contribution in [0, 0.1) is 5.41 Å². The summed E-state index contributed by atoms with van der Waals surface area (Å²) in [6.07, 6.45) is 6.56. The van der Waals surface area contributed by atoms with Crippen LogP contribution in [-0.2, 0) is 0 Å². The molecule has 0 amide bonds. The van der Waals surface area contributed by atoms with Gasteiger partial charge in [0.1, 0.15) is 5.75 Å². The van der Waals surface area contributed by atoms with Gasteiger partial charge in [0.05, 0.1) is 36.8 Å². The summed E-state index contributed by atoms with van der Waals surface area (Å²) in [6, 6.07) is 11.7. The number of aromatic nitrogens is 1. The molecule has 178 valence electrons. The molecule has 1 fully saturated rings. The second kappa shape index (κ2) is 11.1. The minimum Gasteiger partial charge on any atom is -0.493 e. The average molecular weight is 480 g/mol. The van der Waals surface area contributed by atoms with Crippen LogP contribution >= 0.6 is 12.6 Å². The highest BCUT2D eigenvalue weighted by atomic mass is 32.1. The number of benzene rings is 2. The van der Waals surface area contributed by atoms with Crippen LogP contribution in [0.15, 0.2) is 54.1 Å². The van der Waals surface area contributed by atoms with Gasteiger partial charge in [0.15, 0.2) is 11.5 Å². The van der Waals surface area contributed by atoms with Crippen LogP contribution in [0.2, 0.25) is 0 Å². The monoisotopic (exact) mass is 479 g/mol. The number of anilines is 3. The zero-order chi connectivity index (χ0) is 23.9. The van der Waals surface area contributed by atoms with Crippen molar-refractivity contribution in [3.05, 3.63) is 54.1 Å². The lowest BCUT2D eigenvalue weighted by molar-refractivity contribution is 0.288. The standard InChI is InChI=1S/C25H29N5O3S/c1-31-22-13-19-21(14-23(22)32-11-2-10-28-16-3-4-16)29-15-20(26)25(19)30-17-5-7-18(8-6-17)33-24(27)9-12-34/h5-9,12-16,27-28,34H,2-4,10-11,26H2,1H3,(H,29,30)/b12-9-,27-24?. The highest BCUT2D eigenvalue weighted by Crippen LogP contribution is 2.38. The maximum absolute atomic E-state index is 7.69. The Kier molecular flexibility index (Phi) is 7.76. The number of nitrogens with two attached hydrogens (primary N) is 1. The van der Waals surface area contributed by atoms with Crippen LogP contribution in [0.3, 0.4) is 0 Å². The number of thiol groups is 1. The molecule has 1 aliphatic rings. The molecule has 34 heavy (non-hydrogen) atoms. The summed E-state index contributed by atoms with van der Waals surface area (Å²) in [5, 5.41) is 16.8. The summed E-state index contributed by atoms with van der Waals surface area (Å²) >= 11 is 3.94. The number of hydrogen-bond donors (Lipinski definition) is 5. The number of hydrogen-bond acceptors (Lipinski definition) is 9. The molecule has 0 bridgehead atoms. The van der Waals surface area contributed by atoms with E-state index in [1.165, 1.54) is 24.3 Å². The van der Waals surface area contributed by atoms with Gasteiger partial charge in [0.25, 0.3) is 0 Å². The molecule has 0 atom stereocenters. The number of rotatable bonds is 11. The van der Waals surface area contributed by atoms with Crippen molar-refractivity contribution in [3.8, 4) is 17.2 Å². The van der Waals surface area contributed by atoms with Crippen LogP contribution in [0.5, 0.6) is 17.2 Å². The Hall–Kier alpha value is -3.43. The van der Waals surface area contributed by atoms with E-state index in [2.05, 4.69) is 28.2 Å². The summed E-state index contributed by atoms with van der Waals surface area (Å²) < 4.78 is 17.0. The van der Waals surface area contributed by atoms with Gasteiger partial charge < -0.3 is 30.6 Å². The molecule has 4 rings (SSSR count). The second-order valence-electron chi connectivity index (χ2n) is 7.97. The van der Waals surface area contributed by atoms with E-state index in [-0.39, 0.29) is 5.90 Å². The third-order valence-electron chi connectivity index (χ3n) is 5.35. The number of nitrogens with zero attached hydrogens (tertiary/aromatic N) is 1. The van der Waals surface area contributed by atoms with Crippen LogP contribution in [-0.4, -0.2) is 37.2 Å².